The lowest BCUT2D eigenvalue weighted by molar-refractivity contribution is -0.126. The number of amides is 1. The number of carbonyl (C=O) groups excluding carboxylic acids is 1. The zero-order valence-corrected chi connectivity index (χ0v) is 18.5. The fourth-order valence-electron chi connectivity index (χ4n) is 3.69. The highest BCUT2D eigenvalue weighted by molar-refractivity contribution is 5.85. The minimum Gasteiger partial charge on any atom is -0.388 e. The highest BCUT2D eigenvalue weighted by Gasteiger charge is 2.25. The van der Waals surface area contributed by atoms with Crippen LogP contribution in [0.2, 0.25) is 0 Å². The van der Waals surface area contributed by atoms with Crippen LogP contribution in [0.3, 0.4) is 0 Å². The van der Waals surface area contributed by atoms with Crippen LogP contribution < -0.4 is 16.0 Å². The fraction of sp³-hybridized carbons (Fsp3) is 0.409. The van der Waals surface area contributed by atoms with Crippen LogP contribution in [0.15, 0.2) is 42.5 Å². The highest BCUT2D eigenvalue weighted by atomic mass is 35.5. The molecule has 29 heavy (non-hydrogen) atoms. The Kier molecular flexibility index (Phi) is 10.4. The summed E-state index contributed by atoms with van der Waals surface area (Å²) < 4.78 is 14.2. The van der Waals surface area contributed by atoms with Crippen LogP contribution >= 0.6 is 24.8 Å². The number of nitrogens with one attached hydrogen (secondary N) is 3. The van der Waals surface area contributed by atoms with E-state index in [1.54, 1.807) is 6.07 Å². The number of hydrogen-bond donors (Lipinski definition) is 3. The molecule has 0 atom stereocenters. The second kappa shape index (κ2) is 12.0. The van der Waals surface area contributed by atoms with Crippen molar-refractivity contribution in [2.75, 3.05) is 19.4 Å². The van der Waals surface area contributed by atoms with Crippen molar-refractivity contribution in [3.63, 3.8) is 0 Å². The number of benzene rings is 2. The summed E-state index contributed by atoms with van der Waals surface area (Å²) in [5.41, 5.74) is 3.51. The van der Waals surface area contributed by atoms with Crippen molar-refractivity contribution < 1.29 is 9.18 Å². The van der Waals surface area contributed by atoms with Crippen LogP contribution in [0, 0.1) is 11.7 Å². The Bertz CT molecular complexity index is 778. The van der Waals surface area contributed by atoms with Crippen molar-refractivity contribution in [3.8, 4) is 11.1 Å². The first-order valence-electron chi connectivity index (χ1n) is 9.62. The lowest BCUT2D eigenvalue weighted by atomic mass is 9.85. The van der Waals surface area contributed by atoms with Gasteiger partial charge in [-0.2, -0.15) is 0 Å². The molecule has 1 saturated carbocycles. The van der Waals surface area contributed by atoms with Gasteiger partial charge in [0.1, 0.15) is 5.82 Å². The number of halogens is 3. The van der Waals surface area contributed by atoms with Crippen LogP contribution in [-0.4, -0.2) is 26.0 Å². The Balaban J connectivity index is 0.00000210. The van der Waals surface area contributed by atoms with Crippen molar-refractivity contribution in [1.82, 2.24) is 10.6 Å². The highest BCUT2D eigenvalue weighted by Crippen LogP contribution is 2.26. The first-order valence-corrected chi connectivity index (χ1v) is 9.62. The van der Waals surface area contributed by atoms with E-state index in [1.807, 2.05) is 44.4 Å². The lowest BCUT2D eigenvalue weighted by Crippen LogP contribution is -2.37. The molecule has 0 heterocycles. The molecule has 1 aliphatic rings. The summed E-state index contributed by atoms with van der Waals surface area (Å²) in [5.74, 6) is -0.215. The Morgan fingerprint density at radius 3 is 2.17 bits per heavy atom. The standard InChI is InChI=1S/C22H28FN3O.2ClH/c1-24-19-8-3-15(4-9-19)17-7-12-21(23)18(13-17)14-26-22(27)16-5-10-20(25-2)11-6-16;;/h3-4,7-9,12-13,16,20,24-25H,5-6,10-11,14H2,1-2H3,(H,26,27);2*1H. The van der Waals surface area contributed by atoms with Gasteiger partial charge in [-0.25, -0.2) is 4.39 Å². The van der Waals surface area contributed by atoms with Crippen molar-refractivity contribution in [1.29, 1.82) is 0 Å². The van der Waals surface area contributed by atoms with Gasteiger partial charge in [0.05, 0.1) is 0 Å². The maximum Gasteiger partial charge on any atom is 0.223 e. The molecule has 2 aromatic rings. The summed E-state index contributed by atoms with van der Waals surface area (Å²) in [4.78, 5) is 12.4. The van der Waals surface area contributed by atoms with Gasteiger partial charge in [-0.1, -0.05) is 18.2 Å². The molecular weight excluding hydrogens is 412 g/mol. The van der Waals surface area contributed by atoms with Crippen LogP contribution in [0.5, 0.6) is 0 Å². The zero-order chi connectivity index (χ0) is 19.2. The van der Waals surface area contributed by atoms with Gasteiger partial charge in [0.2, 0.25) is 5.91 Å². The molecule has 1 aliphatic carbocycles. The second-order valence-corrected chi connectivity index (χ2v) is 7.19. The normalized spacial score (nSPS) is 18.2. The van der Waals surface area contributed by atoms with E-state index in [0.29, 0.717) is 11.6 Å². The van der Waals surface area contributed by atoms with Gasteiger partial charge in [-0.15, -0.1) is 24.8 Å². The molecule has 0 unspecified atom stereocenters. The molecule has 4 nitrogen and oxygen atoms in total. The number of hydrogen-bond acceptors (Lipinski definition) is 3. The van der Waals surface area contributed by atoms with Crippen molar-refractivity contribution in [3.05, 3.63) is 53.8 Å². The van der Waals surface area contributed by atoms with E-state index in [0.717, 1.165) is 42.5 Å². The molecule has 1 fully saturated rings. The maximum atomic E-state index is 14.2. The molecule has 160 valence electrons. The van der Waals surface area contributed by atoms with Crippen molar-refractivity contribution >= 4 is 36.4 Å². The van der Waals surface area contributed by atoms with E-state index < -0.39 is 0 Å². The van der Waals surface area contributed by atoms with E-state index in [1.165, 1.54) is 6.07 Å². The molecular formula is C22H30Cl2FN3O. The van der Waals surface area contributed by atoms with Gasteiger partial charge >= 0.3 is 0 Å². The Morgan fingerprint density at radius 2 is 1.59 bits per heavy atom. The third kappa shape index (κ3) is 6.59. The molecule has 0 aromatic heterocycles. The van der Waals surface area contributed by atoms with Gasteiger partial charge in [0.25, 0.3) is 0 Å². The van der Waals surface area contributed by atoms with E-state index >= 15 is 0 Å². The van der Waals surface area contributed by atoms with Crippen molar-refractivity contribution in [2.45, 2.75) is 38.3 Å². The van der Waals surface area contributed by atoms with Gasteiger partial charge in [0, 0.05) is 36.8 Å². The summed E-state index contributed by atoms with van der Waals surface area (Å²) >= 11 is 0. The van der Waals surface area contributed by atoms with Crippen LogP contribution in [0.4, 0.5) is 10.1 Å². The average Bonchev–Trinajstić information content (AvgIpc) is 2.73. The van der Waals surface area contributed by atoms with Gasteiger partial charge < -0.3 is 16.0 Å². The minimum absolute atomic E-state index is 0. The average molecular weight is 442 g/mol. The van der Waals surface area contributed by atoms with E-state index in [9.17, 15) is 9.18 Å². The van der Waals surface area contributed by atoms with E-state index in [-0.39, 0.29) is 49.0 Å². The van der Waals surface area contributed by atoms with Gasteiger partial charge in [-0.05, 0) is 68.1 Å². The smallest absolute Gasteiger partial charge is 0.223 e. The molecule has 0 saturated heterocycles. The van der Waals surface area contributed by atoms with Crippen molar-refractivity contribution in [2.24, 2.45) is 5.92 Å². The predicted octanol–water partition coefficient (Wildman–Crippen LogP) is 4.77. The van der Waals surface area contributed by atoms with E-state index in [4.69, 9.17) is 0 Å². The quantitative estimate of drug-likeness (QED) is 0.604. The van der Waals surface area contributed by atoms with Crippen LogP contribution in [-0.2, 0) is 11.3 Å². The van der Waals surface area contributed by atoms with Crippen LogP contribution in [0.25, 0.3) is 11.1 Å². The molecule has 3 N–H and O–H groups in total. The zero-order valence-electron chi connectivity index (χ0n) is 16.8. The SMILES string of the molecule is CNc1ccc(-c2ccc(F)c(CNC(=O)C3CCC(NC)CC3)c2)cc1.Cl.Cl. The molecule has 0 bridgehead atoms. The minimum atomic E-state index is -0.287. The molecule has 1 amide bonds. The molecule has 7 heteroatoms. The summed E-state index contributed by atoms with van der Waals surface area (Å²) in [6.07, 6.45) is 3.80. The maximum absolute atomic E-state index is 14.2. The predicted molar refractivity (Wildman–Crippen MR) is 123 cm³/mol. The summed E-state index contributed by atoms with van der Waals surface area (Å²) in [6.45, 7) is 0.221. The van der Waals surface area contributed by atoms with Gasteiger partial charge in [-0.3, -0.25) is 4.79 Å². The lowest BCUT2D eigenvalue weighted by Gasteiger charge is -2.27. The second-order valence-electron chi connectivity index (χ2n) is 7.19. The monoisotopic (exact) mass is 441 g/mol. The number of carbonyl (C=O) groups is 1. The topological polar surface area (TPSA) is 53.2 Å². The molecule has 0 radical (unpaired) electrons. The first-order chi connectivity index (χ1) is 13.1. The molecule has 0 aliphatic heterocycles. The molecule has 0 spiro atoms. The molecule has 2 aromatic carbocycles. The first kappa shape index (κ1) is 25.2. The third-order valence-electron chi connectivity index (χ3n) is 5.51. The Labute approximate surface area is 184 Å². The summed E-state index contributed by atoms with van der Waals surface area (Å²) in [5, 5.41) is 9.29. The van der Waals surface area contributed by atoms with Gasteiger partial charge in [0.15, 0.2) is 0 Å². The van der Waals surface area contributed by atoms with Crippen LogP contribution in [0.1, 0.15) is 31.2 Å². The summed E-state index contributed by atoms with van der Waals surface area (Å²) in [6, 6.07) is 13.6. The third-order valence-corrected chi connectivity index (χ3v) is 5.51. The largest absolute Gasteiger partial charge is 0.388 e. The number of anilines is 1. The molecule has 3 rings (SSSR count). The number of rotatable bonds is 6. The Morgan fingerprint density at radius 1 is 0.966 bits per heavy atom. The fourth-order valence-corrected chi connectivity index (χ4v) is 3.69. The van der Waals surface area contributed by atoms with E-state index in [2.05, 4.69) is 16.0 Å². The Hall–Kier alpha value is -1.82. The summed E-state index contributed by atoms with van der Waals surface area (Å²) in [7, 11) is 3.84.